The number of hydrogen-bond acceptors (Lipinski definition) is 3. The van der Waals surface area contributed by atoms with Crippen LogP contribution in [0.3, 0.4) is 0 Å². The Morgan fingerprint density at radius 2 is 0.900 bits per heavy atom. The maximum absolute atomic E-state index is 12.1. The van der Waals surface area contributed by atoms with Crippen LogP contribution in [-0.2, 0) is 25.7 Å². The second kappa shape index (κ2) is 20.3. The average Bonchev–Trinajstić information content (AvgIpc) is 2.96. The fourth-order valence-corrected chi connectivity index (χ4v) is 7.29. The van der Waals surface area contributed by atoms with Gasteiger partial charge >= 0.3 is 248 Å². The van der Waals surface area contributed by atoms with Crippen molar-refractivity contribution in [1.82, 2.24) is 0 Å². The fraction of sp³-hybridized carbons (Fsp3) is 0.667. The summed E-state index contributed by atoms with van der Waals surface area (Å²) in [6, 6.07) is 13.2. The Morgan fingerprint density at radius 1 is 0.500 bits per heavy atom. The molecular weight excluding hydrogens is 511 g/mol. The molecule has 228 valence electrons. The molecule has 0 fully saturated rings. The molecule has 4 heteroatoms. The molecule has 0 unspecified atom stereocenters. The van der Waals surface area contributed by atoms with Gasteiger partial charge in [-0.15, -0.1) is 0 Å². The van der Waals surface area contributed by atoms with Gasteiger partial charge in [-0.2, -0.15) is 0 Å². The van der Waals surface area contributed by atoms with Crippen molar-refractivity contribution in [2.45, 2.75) is 150 Å². The SMILES string of the molecule is CCCCCCCC[PH](O)(Oc1ccc(CCCC)cc1CCCC)Oc1ccc(CCCC)cc1CCCC. The van der Waals surface area contributed by atoms with Gasteiger partial charge in [0, 0.05) is 0 Å². The van der Waals surface area contributed by atoms with E-state index in [1.807, 2.05) is 0 Å². The molecule has 0 saturated heterocycles. The molecule has 0 amide bonds. The van der Waals surface area contributed by atoms with Crippen molar-refractivity contribution >= 4 is 7.94 Å². The first kappa shape index (κ1) is 34.6. The van der Waals surface area contributed by atoms with Crippen LogP contribution in [0.15, 0.2) is 36.4 Å². The van der Waals surface area contributed by atoms with Crippen LogP contribution in [0, 0.1) is 0 Å². The Hall–Kier alpha value is -1.57. The van der Waals surface area contributed by atoms with E-state index >= 15 is 0 Å². The molecule has 0 aliphatic heterocycles. The third-order valence-electron chi connectivity index (χ3n) is 7.87. The van der Waals surface area contributed by atoms with E-state index in [1.54, 1.807) is 0 Å². The van der Waals surface area contributed by atoms with Crippen LogP contribution in [0.5, 0.6) is 11.5 Å². The summed E-state index contributed by atoms with van der Waals surface area (Å²) in [4.78, 5) is 12.1. The third kappa shape index (κ3) is 12.9. The Balaban J connectivity index is 2.35. The summed E-state index contributed by atoms with van der Waals surface area (Å²) >= 11 is 0. The Morgan fingerprint density at radius 3 is 1.35 bits per heavy atom. The van der Waals surface area contributed by atoms with E-state index in [2.05, 4.69) is 71.0 Å². The van der Waals surface area contributed by atoms with Crippen LogP contribution in [0.25, 0.3) is 0 Å². The molecule has 1 N–H and O–H groups in total. The van der Waals surface area contributed by atoms with Crippen molar-refractivity contribution in [1.29, 1.82) is 0 Å². The van der Waals surface area contributed by atoms with Gasteiger partial charge < -0.3 is 0 Å². The summed E-state index contributed by atoms with van der Waals surface area (Å²) in [5.41, 5.74) is 5.17. The molecule has 0 atom stereocenters. The summed E-state index contributed by atoms with van der Waals surface area (Å²) in [5, 5.41) is 0. The van der Waals surface area contributed by atoms with Crippen molar-refractivity contribution < 1.29 is 13.9 Å². The van der Waals surface area contributed by atoms with Gasteiger partial charge in [0.2, 0.25) is 0 Å². The van der Waals surface area contributed by atoms with Crippen molar-refractivity contribution in [3.05, 3.63) is 58.7 Å². The third-order valence-corrected chi connectivity index (χ3v) is 9.94. The molecule has 0 bridgehead atoms. The molecule has 0 aliphatic rings. The molecule has 0 aliphatic carbocycles. The topological polar surface area (TPSA) is 38.7 Å². The maximum atomic E-state index is 12.1. The second-order valence-corrected chi connectivity index (χ2v) is 14.1. The summed E-state index contributed by atoms with van der Waals surface area (Å²) < 4.78 is 13.3. The monoisotopic (exact) mass is 572 g/mol. The molecule has 2 aromatic carbocycles. The minimum atomic E-state index is -3.53. The molecular formula is C36H61O3P. The molecule has 40 heavy (non-hydrogen) atoms. The summed E-state index contributed by atoms with van der Waals surface area (Å²) in [6.07, 6.45) is 21.1. The average molecular weight is 573 g/mol. The van der Waals surface area contributed by atoms with Crippen molar-refractivity contribution in [2.24, 2.45) is 0 Å². The molecule has 0 radical (unpaired) electrons. The number of aryl methyl sites for hydroxylation is 4. The molecule has 2 aromatic rings. The second-order valence-electron chi connectivity index (χ2n) is 11.7. The predicted molar refractivity (Wildman–Crippen MR) is 177 cm³/mol. The summed E-state index contributed by atoms with van der Waals surface area (Å²) in [7, 11) is -3.53. The van der Waals surface area contributed by atoms with E-state index in [0.717, 1.165) is 75.7 Å². The van der Waals surface area contributed by atoms with Gasteiger partial charge in [-0.25, -0.2) is 0 Å². The molecule has 0 heterocycles. The van der Waals surface area contributed by atoms with Crippen LogP contribution in [-0.4, -0.2) is 11.1 Å². The van der Waals surface area contributed by atoms with E-state index in [4.69, 9.17) is 9.05 Å². The minimum absolute atomic E-state index is 0.592. The van der Waals surface area contributed by atoms with Crippen LogP contribution in [0.2, 0.25) is 0 Å². The molecule has 0 aromatic heterocycles. The molecule has 2 rings (SSSR count). The van der Waals surface area contributed by atoms with E-state index < -0.39 is 7.94 Å². The van der Waals surface area contributed by atoms with E-state index in [-0.39, 0.29) is 0 Å². The zero-order valence-corrected chi connectivity index (χ0v) is 27.7. The van der Waals surface area contributed by atoms with Gasteiger partial charge in [0.25, 0.3) is 0 Å². The van der Waals surface area contributed by atoms with Gasteiger partial charge in [-0.1, -0.05) is 0 Å². The van der Waals surface area contributed by atoms with Gasteiger partial charge in [-0.3, -0.25) is 0 Å². The molecule has 3 nitrogen and oxygen atoms in total. The van der Waals surface area contributed by atoms with E-state index in [1.165, 1.54) is 73.6 Å². The van der Waals surface area contributed by atoms with Gasteiger partial charge in [0.15, 0.2) is 0 Å². The van der Waals surface area contributed by atoms with Crippen LogP contribution >= 0.6 is 7.94 Å². The van der Waals surface area contributed by atoms with Crippen molar-refractivity contribution in [3.63, 3.8) is 0 Å². The number of benzene rings is 2. The standard InChI is InChI=1S/C36H61O3P/c1-6-11-16-17-18-19-28-40(37,38-35-26-24-31(20-12-7-2)29-33(35)22-14-9-4)39-36-27-25-32(21-13-8-3)30-34(36)23-15-10-5/h24-27,29-30,37,40H,6-23,28H2,1-5H3. The van der Waals surface area contributed by atoms with Crippen molar-refractivity contribution in [3.8, 4) is 11.5 Å². The Labute approximate surface area is 248 Å². The Kier molecular flexibility index (Phi) is 17.6. The van der Waals surface area contributed by atoms with Crippen LogP contribution in [0.1, 0.15) is 147 Å². The fourth-order valence-electron chi connectivity index (χ4n) is 5.26. The zero-order chi connectivity index (χ0) is 29.1. The molecule has 0 saturated carbocycles. The van der Waals surface area contributed by atoms with E-state index in [0.29, 0.717) is 6.16 Å². The van der Waals surface area contributed by atoms with Crippen LogP contribution in [0.4, 0.5) is 0 Å². The predicted octanol–water partition coefficient (Wildman–Crippen LogP) is 11.4. The first-order chi connectivity index (χ1) is 19.5. The van der Waals surface area contributed by atoms with Gasteiger partial charge in [-0.05, 0) is 0 Å². The molecule has 0 spiro atoms. The van der Waals surface area contributed by atoms with Crippen LogP contribution < -0.4 is 9.05 Å². The normalized spacial score (nSPS) is 12.1. The van der Waals surface area contributed by atoms with Gasteiger partial charge in [0.05, 0.1) is 0 Å². The first-order valence-corrected chi connectivity index (χ1v) is 18.8. The zero-order valence-electron chi connectivity index (χ0n) is 26.7. The van der Waals surface area contributed by atoms with E-state index in [9.17, 15) is 4.89 Å². The summed E-state index contributed by atoms with van der Waals surface area (Å²) in [6.45, 7) is 11.2. The summed E-state index contributed by atoms with van der Waals surface area (Å²) in [5.74, 6) is 1.65. The first-order valence-electron chi connectivity index (χ1n) is 16.8. The van der Waals surface area contributed by atoms with Crippen molar-refractivity contribution in [2.75, 3.05) is 6.16 Å². The Bertz CT molecular complexity index is 876. The number of unbranched alkanes of at least 4 members (excludes halogenated alkanes) is 9. The number of rotatable bonds is 23. The number of hydrogen-bond donors (Lipinski definition) is 1. The quantitative estimate of drug-likeness (QED) is 0.106. The van der Waals surface area contributed by atoms with Gasteiger partial charge in [0.1, 0.15) is 0 Å².